The summed E-state index contributed by atoms with van der Waals surface area (Å²) in [5.74, 6) is 3.04. The Labute approximate surface area is 45.2 Å². The van der Waals surface area contributed by atoms with Crippen LogP contribution in [0.25, 0.3) is 0 Å². The lowest BCUT2D eigenvalue weighted by molar-refractivity contribution is 0.192. The summed E-state index contributed by atoms with van der Waals surface area (Å²) in [7, 11) is 0. The van der Waals surface area contributed by atoms with Crippen LogP contribution in [0, 0.1) is 18.3 Å². The van der Waals surface area contributed by atoms with Crippen molar-refractivity contribution in [1.29, 1.82) is 0 Å². The van der Waals surface area contributed by atoms with Crippen LogP contribution in [0.2, 0.25) is 0 Å². The third kappa shape index (κ3) is 0.942. The van der Waals surface area contributed by atoms with E-state index in [9.17, 15) is 0 Å². The van der Waals surface area contributed by atoms with E-state index in [4.69, 9.17) is 11.2 Å². The van der Waals surface area contributed by atoms with E-state index >= 15 is 0 Å². The monoisotopic (exact) mass is 98.1 g/mol. The van der Waals surface area contributed by atoms with Crippen LogP contribution in [0.15, 0.2) is 0 Å². The van der Waals surface area contributed by atoms with Crippen molar-refractivity contribution in [2.45, 2.75) is 6.42 Å². The zero-order chi connectivity index (χ0) is 5.11. The van der Waals surface area contributed by atoms with Gasteiger partial charge in [-0.15, -0.1) is 12.3 Å². The van der Waals surface area contributed by atoms with E-state index < -0.39 is 0 Å². The average Bonchev–Trinajstić information content (AvgIpc) is 2.14. The molecule has 0 aromatic carbocycles. The highest BCUT2D eigenvalue weighted by Crippen LogP contribution is 2.09. The summed E-state index contributed by atoms with van der Waals surface area (Å²) in [6.07, 6.45) is 6.16. The molecule has 0 aromatic rings. The largest absolute Gasteiger partial charge is 0.380 e. The second kappa shape index (κ2) is 1.99. The summed E-state index contributed by atoms with van der Waals surface area (Å²) in [6.45, 7) is 1.63. The van der Waals surface area contributed by atoms with Gasteiger partial charge in [0.1, 0.15) is 0 Å². The smallest absolute Gasteiger partial charge is 0.0604 e. The van der Waals surface area contributed by atoms with Crippen LogP contribution in [-0.4, -0.2) is 13.2 Å². The van der Waals surface area contributed by atoms with E-state index in [2.05, 4.69) is 5.92 Å². The van der Waals surface area contributed by atoms with Crippen molar-refractivity contribution >= 4 is 0 Å². The van der Waals surface area contributed by atoms with E-state index in [-0.39, 0.29) is 1.43 Å². The molecule has 0 aliphatic carbocycles. The number of hydrogen-bond donors (Lipinski definition) is 0. The summed E-state index contributed by atoms with van der Waals surface area (Å²) in [4.78, 5) is 0. The summed E-state index contributed by atoms with van der Waals surface area (Å²) in [5.41, 5.74) is 0. The molecule has 1 atom stereocenters. The number of ether oxygens (including phenoxy) is 1. The Hall–Kier alpha value is -0.480. The summed E-state index contributed by atoms with van der Waals surface area (Å²) in [6, 6.07) is 0. The van der Waals surface area contributed by atoms with Crippen molar-refractivity contribution in [3.8, 4) is 12.3 Å². The van der Waals surface area contributed by atoms with Gasteiger partial charge in [-0.2, -0.15) is 0 Å². The predicted octanol–water partition coefficient (Wildman–Crippen LogP) is 0.902. The minimum absolute atomic E-state index is 0. The van der Waals surface area contributed by atoms with E-state index in [1.807, 2.05) is 0 Å². The Morgan fingerprint density at radius 1 is 1.86 bits per heavy atom. The van der Waals surface area contributed by atoms with Gasteiger partial charge in [-0.05, 0) is 6.42 Å². The van der Waals surface area contributed by atoms with Gasteiger partial charge in [0.05, 0.1) is 6.61 Å². The van der Waals surface area contributed by atoms with Gasteiger partial charge >= 0.3 is 0 Å². The molecule has 0 bridgehead atoms. The Morgan fingerprint density at radius 2 is 2.71 bits per heavy atom. The quantitative estimate of drug-likeness (QED) is 0.409. The lowest BCUT2D eigenvalue weighted by Crippen LogP contribution is -1.91. The first-order valence-corrected chi connectivity index (χ1v) is 2.47. The Balaban J connectivity index is 0.000000490. The highest BCUT2D eigenvalue weighted by atomic mass is 16.5. The van der Waals surface area contributed by atoms with Crippen molar-refractivity contribution in [1.82, 2.24) is 0 Å². The molecule has 1 saturated heterocycles. The highest BCUT2D eigenvalue weighted by Gasteiger charge is 2.10. The number of hydrogen-bond acceptors (Lipinski definition) is 1. The maximum atomic E-state index is 5.10. The molecule has 0 unspecified atom stereocenters. The minimum Gasteiger partial charge on any atom is -0.380 e. The van der Waals surface area contributed by atoms with Crippen molar-refractivity contribution in [3.05, 3.63) is 0 Å². The van der Waals surface area contributed by atoms with Gasteiger partial charge in [0, 0.05) is 14.0 Å². The Bertz CT molecular complexity index is 89.2. The number of terminal acetylenes is 1. The van der Waals surface area contributed by atoms with Gasteiger partial charge in [0.25, 0.3) is 0 Å². The predicted molar refractivity (Wildman–Crippen MR) is 29.9 cm³/mol. The van der Waals surface area contributed by atoms with Crippen LogP contribution in [-0.2, 0) is 4.74 Å². The zero-order valence-corrected chi connectivity index (χ0v) is 4.18. The lowest BCUT2D eigenvalue weighted by atomic mass is 10.1. The van der Waals surface area contributed by atoms with Crippen LogP contribution in [0.3, 0.4) is 0 Å². The summed E-state index contributed by atoms with van der Waals surface area (Å²) >= 11 is 0. The fourth-order valence-corrected chi connectivity index (χ4v) is 0.666. The second-order valence-electron chi connectivity index (χ2n) is 1.73. The van der Waals surface area contributed by atoms with Crippen molar-refractivity contribution in [2.24, 2.45) is 5.92 Å². The molecule has 1 heteroatoms. The molecule has 1 aliphatic heterocycles. The molecule has 1 fully saturated rings. The van der Waals surface area contributed by atoms with Crippen LogP contribution < -0.4 is 0 Å². The topological polar surface area (TPSA) is 9.23 Å². The second-order valence-corrected chi connectivity index (χ2v) is 1.73. The van der Waals surface area contributed by atoms with Gasteiger partial charge in [0.2, 0.25) is 0 Å². The minimum atomic E-state index is 0. The van der Waals surface area contributed by atoms with E-state index in [0.717, 1.165) is 19.6 Å². The normalized spacial score (nSPS) is 29.9. The van der Waals surface area contributed by atoms with Gasteiger partial charge in [-0.3, -0.25) is 0 Å². The van der Waals surface area contributed by atoms with Crippen LogP contribution in [0.5, 0.6) is 0 Å². The van der Waals surface area contributed by atoms with E-state index in [1.165, 1.54) is 0 Å². The van der Waals surface area contributed by atoms with Crippen molar-refractivity contribution < 1.29 is 6.16 Å². The molecular weight excluding hydrogens is 88.1 g/mol. The molecule has 1 aliphatic rings. The van der Waals surface area contributed by atoms with E-state index in [1.54, 1.807) is 0 Å². The third-order valence-corrected chi connectivity index (χ3v) is 1.17. The van der Waals surface area contributed by atoms with Gasteiger partial charge in [0.15, 0.2) is 0 Å². The molecular formula is C6H10O. The SMILES string of the molecule is C#C[C@H]1CCOC1.[HH]. The molecule has 40 valence electrons. The van der Waals surface area contributed by atoms with Gasteiger partial charge in [-0.1, -0.05) is 0 Å². The first-order chi connectivity index (χ1) is 3.43. The standard InChI is InChI=1S/C6H8O.H2/c1-2-6-3-4-7-5-6;/h1,6H,3-5H2;1H/t6-;/m0./s1. The molecule has 0 N–H and O–H groups in total. The van der Waals surface area contributed by atoms with Crippen LogP contribution >= 0.6 is 0 Å². The van der Waals surface area contributed by atoms with Crippen LogP contribution in [0.4, 0.5) is 0 Å². The number of rotatable bonds is 0. The van der Waals surface area contributed by atoms with Crippen molar-refractivity contribution in [3.63, 3.8) is 0 Å². The zero-order valence-electron chi connectivity index (χ0n) is 4.18. The summed E-state index contributed by atoms with van der Waals surface area (Å²) < 4.78 is 5.01. The Kier molecular flexibility index (Phi) is 1.33. The Morgan fingerprint density at radius 3 is 3.00 bits per heavy atom. The molecule has 0 aromatic heterocycles. The van der Waals surface area contributed by atoms with E-state index in [0.29, 0.717) is 5.92 Å². The van der Waals surface area contributed by atoms with Crippen LogP contribution in [0.1, 0.15) is 7.85 Å². The molecule has 1 rings (SSSR count). The molecule has 1 nitrogen and oxygen atoms in total. The molecule has 7 heavy (non-hydrogen) atoms. The molecule has 0 spiro atoms. The molecule has 0 amide bonds. The fourth-order valence-electron chi connectivity index (χ4n) is 0.666. The first kappa shape index (κ1) is 4.67. The maximum absolute atomic E-state index is 5.10. The van der Waals surface area contributed by atoms with Crippen molar-refractivity contribution in [2.75, 3.05) is 13.2 Å². The highest BCUT2D eigenvalue weighted by molar-refractivity contribution is 4.94. The third-order valence-electron chi connectivity index (χ3n) is 1.17. The molecule has 1 heterocycles. The molecule has 0 saturated carbocycles. The van der Waals surface area contributed by atoms with Gasteiger partial charge < -0.3 is 4.74 Å². The molecule has 0 radical (unpaired) electrons. The lowest BCUT2D eigenvalue weighted by Gasteiger charge is -1.89. The first-order valence-electron chi connectivity index (χ1n) is 2.47. The summed E-state index contributed by atoms with van der Waals surface area (Å²) in [5, 5.41) is 0. The maximum Gasteiger partial charge on any atom is 0.0604 e. The average molecular weight is 98.1 g/mol. The van der Waals surface area contributed by atoms with Gasteiger partial charge in [-0.25, -0.2) is 0 Å². The fraction of sp³-hybridized carbons (Fsp3) is 0.667.